The number of alkyl halides is 9. The van der Waals surface area contributed by atoms with Crippen LogP contribution in [0, 0.1) is 0 Å². The monoisotopic (exact) mass is 927 g/mol. The van der Waals surface area contributed by atoms with E-state index in [9.17, 15) is 69.6 Å². The maximum atomic E-state index is 12.5. The highest BCUT2D eigenvalue weighted by molar-refractivity contribution is 8.11. The molecule has 0 heterocycles. The Morgan fingerprint density at radius 1 is 0.583 bits per heavy atom. The summed E-state index contributed by atoms with van der Waals surface area (Å²) in [7, 11) is -19.2. The van der Waals surface area contributed by atoms with Crippen molar-refractivity contribution < 1.29 is 83.2 Å². The average Bonchev–Trinajstić information content (AvgIpc) is 3.06. The molecule has 0 spiro atoms. The summed E-state index contributed by atoms with van der Waals surface area (Å²) in [6.07, 6.45) is 2.93. The Morgan fingerprint density at radius 2 is 1.05 bits per heavy atom. The Labute approximate surface area is 342 Å². The summed E-state index contributed by atoms with van der Waals surface area (Å²) < 4.78 is 193. The standard InChI is InChI=1S/C15H19F3O4S.C14H18O2.C8H5F6NO4S2/c1-14(2,3)21-11-7-8-12-10(9-11)5-4-6-13(12)22-23(19,20)15(16,17)18;1-14(2,3)16-11-7-8-12-10(9-11)5-4-6-13(12)15;9-7(10,11)20(16,17)15(6-4-2-1-3-5-6)21(18,19)8(12,13)14/h7-9,13H,4-6H2,1-3H3;7-9H,4-6H2,1-3H3;1-5H. The zero-order chi connectivity index (χ0) is 45.9. The Kier molecular flexibility index (Phi) is 15.2. The number of halogens is 9. The molecule has 23 heteroatoms. The van der Waals surface area contributed by atoms with E-state index < -0.39 is 67.8 Å². The summed E-state index contributed by atoms with van der Waals surface area (Å²) >= 11 is 0. The van der Waals surface area contributed by atoms with Crippen molar-refractivity contribution in [2.45, 2.75) is 114 Å². The van der Waals surface area contributed by atoms with Gasteiger partial charge in [-0.25, -0.2) is 0 Å². The van der Waals surface area contributed by atoms with Gasteiger partial charge >= 0.3 is 46.7 Å². The van der Waals surface area contributed by atoms with Gasteiger partial charge in [-0.2, -0.15) is 64.8 Å². The molecular formula is C37H42F9NO10S3. The van der Waals surface area contributed by atoms with Crippen molar-refractivity contribution in [2.75, 3.05) is 3.71 Å². The number of nitrogens with zero attached hydrogens (tertiary/aromatic N) is 1. The first-order chi connectivity index (χ1) is 27.1. The molecule has 2 aliphatic rings. The largest absolute Gasteiger partial charge is 0.523 e. The number of para-hydroxylation sites is 1. The topological polar surface area (TPSA) is 150 Å². The van der Waals surface area contributed by atoms with Gasteiger partial charge in [-0.15, -0.1) is 3.71 Å². The number of hydrogen-bond donors (Lipinski definition) is 0. The molecule has 60 heavy (non-hydrogen) atoms. The van der Waals surface area contributed by atoms with E-state index in [1.165, 1.54) is 0 Å². The fourth-order valence-electron chi connectivity index (χ4n) is 5.66. The second-order valence-corrected chi connectivity index (χ2v) is 20.5. The number of Topliss-reactive ketones (excluding diaryl/α,β-unsaturated/α-hetero) is 1. The number of carbonyl (C=O) groups is 1. The molecule has 0 fully saturated rings. The van der Waals surface area contributed by atoms with Crippen molar-refractivity contribution in [1.29, 1.82) is 0 Å². The van der Waals surface area contributed by atoms with Crippen molar-refractivity contribution in [2.24, 2.45) is 0 Å². The van der Waals surface area contributed by atoms with Gasteiger partial charge in [-0.3, -0.25) is 8.98 Å². The lowest BCUT2D eigenvalue weighted by Crippen LogP contribution is -2.49. The van der Waals surface area contributed by atoms with E-state index in [0.29, 0.717) is 42.7 Å². The van der Waals surface area contributed by atoms with E-state index in [1.54, 1.807) is 18.2 Å². The predicted octanol–water partition coefficient (Wildman–Crippen LogP) is 9.68. The van der Waals surface area contributed by atoms with Crippen LogP contribution < -0.4 is 13.2 Å². The molecule has 1 unspecified atom stereocenters. The quantitative estimate of drug-likeness (QED) is 0.127. The summed E-state index contributed by atoms with van der Waals surface area (Å²) in [5.74, 6) is 1.72. The fourth-order valence-corrected chi connectivity index (χ4v) is 8.99. The van der Waals surface area contributed by atoms with E-state index in [2.05, 4.69) is 4.18 Å². The number of ketones is 1. The van der Waals surface area contributed by atoms with Gasteiger partial charge in [0.15, 0.2) is 5.78 Å². The lowest BCUT2D eigenvalue weighted by Gasteiger charge is -2.27. The van der Waals surface area contributed by atoms with Crippen LogP contribution in [0.2, 0.25) is 0 Å². The van der Waals surface area contributed by atoms with Crippen molar-refractivity contribution in [3.63, 3.8) is 0 Å². The minimum Gasteiger partial charge on any atom is -0.488 e. The normalized spacial score (nSPS) is 16.5. The minimum absolute atomic E-state index is 0.188. The van der Waals surface area contributed by atoms with Gasteiger partial charge in [0, 0.05) is 12.0 Å². The molecule has 0 aliphatic heterocycles. The van der Waals surface area contributed by atoms with E-state index in [-0.39, 0.29) is 17.8 Å². The highest BCUT2D eigenvalue weighted by atomic mass is 32.3. The molecule has 0 amide bonds. The fraction of sp³-hybridized carbons (Fsp3) is 0.486. The molecule has 0 radical (unpaired) electrons. The molecule has 3 aromatic carbocycles. The summed E-state index contributed by atoms with van der Waals surface area (Å²) in [5.41, 5.74) is -16.6. The smallest absolute Gasteiger partial charge is 0.488 e. The van der Waals surface area contributed by atoms with Crippen LogP contribution in [0.25, 0.3) is 0 Å². The van der Waals surface area contributed by atoms with E-state index in [1.807, 2.05) is 59.7 Å². The molecule has 2 aliphatic carbocycles. The van der Waals surface area contributed by atoms with E-state index in [4.69, 9.17) is 9.47 Å². The van der Waals surface area contributed by atoms with Gasteiger partial charge in [-0.1, -0.05) is 24.3 Å². The van der Waals surface area contributed by atoms with Gasteiger partial charge in [0.1, 0.15) is 28.8 Å². The van der Waals surface area contributed by atoms with Crippen molar-refractivity contribution in [1.82, 2.24) is 0 Å². The lowest BCUT2D eigenvalue weighted by molar-refractivity contribution is -0.0580. The third-order valence-corrected chi connectivity index (χ3v) is 12.7. The lowest BCUT2D eigenvalue weighted by atomic mass is 9.89. The average molecular weight is 928 g/mol. The zero-order valence-electron chi connectivity index (χ0n) is 32.8. The molecule has 0 saturated heterocycles. The van der Waals surface area contributed by atoms with E-state index in [0.717, 1.165) is 53.5 Å². The van der Waals surface area contributed by atoms with Crippen LogP contribution >= 0.6 is 0 Å². The molecule has 336 valence electrons. The first-order valence-electron chi connectivity index (χ1n) is 17.7. The van der Waals surface area contributed by atoms with Crippen molar-refractivity contribution in [3.8, 4) is 11.5 Å². The molecule has 5 rings (SSSR count). The number of sulfonamides is 2. The molecule has 0 N–H and O–H groups in total. The Morgan fingerprint density at radius 3 is 1.52 bits per heavy atom. The van der Waals surface area contributed by atoms with Crippen LogP contribution in [0.3, 0.4) is 0 Å². The highest BCUT2D eigenvalue weighted by Crippen LogP contribution is 2.40. The minimum atomic E-state index is -6.81. The SMILES string of the molecule is CC(C)(C)Oc1ccc2c(c1)CCCC2=O.CC(C)(C)Oc1ccc2c(c1)CCCC2OS(=O)(=O)C(F)(F)F.O=S(=O)(N(c1ccccc1)S(=O)(=O)C(F)(F)F)C(F)(F)F. The maximum absolute atomic E-state index is 12.5. The number of ether oxygens (including phenoxy) is 2. The number of rotatable bonds is 7. The van der Waals surface area contributed by atoms with Crippen LogP contribution in [0.15, 0.2) is 66.7 Å². The van der Waals surface area contributed by atoms with Gasteiger partial charge < -0.3 is 9.47 Å². The van der Waals surface area contributed by atoms with Crippen LogP contribution in [0.4, 0.5) is 45.2 Å². The summed E-state index contributed by atoms with van der Waals surface area (Å²) in [6.45, 7) is 11.7. The Hall–Kier alpha value is -4.09. The van der Waals surface area contributed by atoms with E-state index >= 15 is 0 Å². The Balaban J connectivity index is 0.000000244. The number of hydrogen-bond acceptors (Lipinski definition) is 10. The van der Waals surface area contributed by atoms with Crippen molar-refractivity contribution >= 4 is 41.6 Å². The number of aryl methyl sites for hydroxylation is 2. The molecule has 0 aromatic heterocycles. The number of anilines is 1. The molecule has 1 atom stereocenters. The third-order valence-electron chi connectivity index (χ3n) is 7.96. The van der Waals surface area contributed by atoms with Crippen LogP contribution in [0.1, 0.15) is 100 Å². The number of fused-ring (bicyclic) bond motifs is 2. The maximum Gasteiger partial charge on any atom is 0.523 e. The van der Waals surface area contributed by atoms with Gasteiger partial charge in [0.05, 0.1) is 5.69 Å². The highest BCUT2D eigenvalue weighted by Gasteiger charge is 2.61. The van der Waals surface area contributed by atoms with Gasteiger partial charge in [0.25, 0.3) is 0 Å². The zero-order valence-corrected chi connectivity index (χ0v) is 35.3. The van der Waals surface area contributed by atoms with Gasteiger partial charge in [-0.05, 0) is 133 Å². The van der Waals surface area contributed by atoms with Gasteiger partial charge in [0.2, 0.25) is 0 Å². The number of benzene rings is 3. The summed E-state index contributed by atoms with van der Waals surface area (Å²) in [5, 5.41) is 0. The first kappa shape index (κ1) is 50.3. The molecule has 0 saturated carbocycles. The van der Waals surface area contributed by atoms with Crippen molar-refractivity contribution in [3.05, 3.63) is 89.0 Å². The second kappa shape index (κ2) is 18.1. The first-order valence-corrected chi connectivity index (χ1v) is 22.0. The summed E-state index contributed by atoms with van der Waals surface area (Å²) in [6, 6.07) is 14.6. The molecule has 0 bridgehead atoms. The Bertz CT molecular complexity index is 2270. The molecular weight excluding hydrogens is 886 g/mol. The predicted molar refractivity (Wildman–Crippen MR) is 202 cm³/mol. The summed E-state index contributed by atoms with van der Waals surface area (Å²) in [4.78, 5) is 11.6. The van der Waals surface area contributed by atoms with Crippen LogP contribution in [-0.4, -0.2) is 58.8 Å². The third kappa shape index (κ3) is 13.0. The molecule has 11 nitrogen and oxygen atoms in total. The second-order valence-electron chi connectivity index (χ2n) is 15.2. The number of carbonyl (C=O) groups excluding carboxylic acids is 1. The molecule has 3 aromatic rings. The van der Waals surface area contributed by atoms with Crippen LogP contribution in [-0.2, 0) is 47.2 Å². The van der Waals surface area contributed by atoms with Crippen LogP contribution in [0.5, 0.6) is 11.5 Å².